The quantitative estimate of drug-likeness (QED) is 0.0438. The van der Waals surface area contributed by atoms with Crippen LogP contribution in [0.25, 0.3) is 0 Å². The van der Waals surface area contributed by atoms with Gasteiger partial charge in [0.2, 0.25) is 35.4 Å². The fraction of sp³-hybridized carbons (Fsp3) is 0.543. The highest BCUT2D eigenvalue weighted by Gasteiger charge is 2.51. The fourth-order valence-corrected chi connectivity index (χ4v) is 6.56. The monoisotopic (exact) mass is 840 g/mol. The Bertz CT molecular complexity index is 1670. The van der Waals surface area contributed by atoms with E-state index in [1.54, 1.807) is 30.3 Å². The van der Waals surface area contributed by atoms with Crippen molar-refractivity contribution < 1.29 is 77.1 Å². The molecule has 1 aromatic rings. The van der Waals surface area contributed by atoms with Crippen molar-refractivity contribution in [3.63, 3.8) is 0 Å². The molecule has 1 fully saturated rings. The van der Waals surface area contributed by atoms with E-state index in [2.05, 4.69) is 31.9 Å². The maximum Gasteiger partial charge on any atom is 0.328 e. The average molecular weight is 841 g/mol. The molecular formula is C35H48N6O16S. The molecule has 320 valence electrons. The van der Waals surface area contributed by atoms with Gasteiger partial charge in [-0.3, -0.25) is 43.2 Å². The van der Waals surface area contributed by atoms with Crippen molar-refractivity contribution in [1.82, 2.24) is 31.9 Å². The minimum absolute atomic E-state index is 0.135. The summed E-state index contributed by atoms with van der Waals surface area (Å²) in [5, 5.41) is 33.3. The van der Waals surface area contributed by atoms with Gasteiger partial charge in [0.05, 0.1) is 19.7 Å². The molecule has 1 aliphatic rings. The van der Waals surface area contributed by atoms with Crippen molar-refractivity contribution in [2.24, 2.45) is 0 Å². The number of nitrogens with one attached hydrogen (secondary N) is 6. The van der Waals surface area contributed by atoms with Crippen LogP contribution in [0.2, 0.25) is 0 Å². The van der Waals surface area contributed by atoms with Crippen LogP contribution in [-0.4, -0.2) is 150 Å². The number of aliphatic hydroxyl groups is 1. The highest BCUT2D eigenvalue weighted by Crippen LogP contribution is 2.33. The number of esters is 3. The number of carbonyl (C=O) groups excluding carboxylic acids is 9. The molecular weight excluding hydrogens is 792 g/mol. The second kappa shape index (κ2) is 24.1. The molecule has 0 saturated carbocycles. The van der Waals surface area contributed by atoms with Crippen molar-refractivity contribution in [2.45, 2.75) is 89.0 Å². The van der Waals surface area contributed by atoms with Crippen molar-refractivity contribution in [3.8, 4) is 0 Å². The Morgan fingerprint density at radius 3 is 1.86 bits per heavy atom. The van der Waals surface area contributed by atoms with E-state index in [0.29, 0.717) is 5.56 Å². The second-order valence-electron chi connectivity index (χ2n) is 12.7. The zero-order chi connectivity index (χ0) is 43.5. The van der Waals surface area contributed by atoms with Crippen LogP contribution < -0.4 is 31.9 Å². The third-order valence-electron chi connectivity index (χ3n) is 7.81. The average Bonchev–Trinajstić information content (AvgIpc) is 3.14. The number of hydrogen-bond acceptors (Lipinski definition) is 16. The van der Waals surface area contributed by atoms with Gasteiger partial charge in [0.15, 0.2) is 12.2 Å². The number of carboxylic acid groups (broad SMARTS) is 1. The van der Waals surface area contributed by atoms with Crippen LogP contribution in [0.3, 0.4) is 0 Å². The number of rotatable bonds is 21. The molecule has 22 nitrogen and oxygen atoms in total. The Kier molecular flexibility index (Phi) is 20.1. The third-order valence-corrected chi connectivity index (χ3v) is 9.07. The van der Waals surface area contributed by atoms with E-state index in [1.807, 2.05) is 0 Å². The summed E-state index contributed by atoms with van der Waals surface area (Å²) < 4.78 is 22.1. The summed E-state index contributed by atoms with van der Waals surface area (Å²) in [4.78, 5) is 124. The van der Waals surface area contributed by atoms with Gasteiger partial charge in [-0.25, -0.2) is 4.79 Å². The molecule has 1 saturated heterocycles. The molecule has 1 aromatic carbocycles. The van der Waals surface area contributed by atoms with Crippen molar-refractivity contribution in [2.75, 3.05) is 32.1 Å². The summed E-state index contributed by atoms with van der Waals surface area (Å²) in [5.41, 5.74) is -0.743. The molecule has 2 rings (SSSR count). The first-order chi connectivity index (χ1) is 27.3. The van der Waals surface area contributed by atoms with Crippen LogP contribution in [-0.2, 0) is 73.3 Å². The van der Waals surface area contributed by atoms with Crippen LogP contribution in [0.5, 0.6) is 0 Å². The summed E-state index contributed by atoms with van der Waals surface area (Å²) in [7, 11) is 0. The van der Waals surface area contributed by atoms with Gasteiger partial charge in [0.1, 0.15) is 42.3 Å². The van der Waals surface area contributed by atoms with Gasteiger partial charge in [-0.1, -0.05) is 30.3 Å². The van der Waals surface area contributed by atoms with Crippen molar-refractivity contribution in [3.05, 3.63) is 35.9 Å². The molecule has 0 radical (unpaired) electrons. The largest absolute Gasteiger partial charge is 0.480 e. The standard InChI is InChI=1S/C35H48N6O16S/c1-17(43)36-12-27(48)37-13-28(49)39-23(11-22-9-7-6-8-10-22)32(50)41-25(33(51)40-24(14-42)34(52)53)16-58-35-29(38-18(2)44)31(56-21(5)47)30(55-20(4)46)26(57-35)15-54-19(3)45/h6-10,23-26,29-31,35,42H,11-16H2,1-5H3,(H,36,43)(H,37,48)(H,38,44)(H,39,49)(H,40,51)(H,41,50)(H,52,53)/t23-,24-,25-,26+,29+,30-,31+,35+/m0/s1. The number of hydrogen-bond donors (Lipinski definition) is 8. The van der Waals surface area contributed by atoms with Crippen molar-refractivity contribution in [1.29, 1.82) is 0 Å². The SMILES string of the molecule is CC(=O)NCC(=O)NCC(=O)N[C@@H](Cc1ccccc1)C(=O)N[C@@H](CS[C@H]1O[C@H](COC(C)=O)[C@H](OC(C)=O)[C@H](OC(C)=O)[C@H]1NC(C)=O)C(=O)N[C@@H](CO)C(=O)O. The number of benzene rings is 1. The number of carboxylic acids is 1. The Morgan fingerprint density at radius 2 is 1.31 bits per heavy atom. The molecule has 0 bridgehead atoms. The number of carbonyl (C=O) groups is 10. The first-order valence-corrected chi connectivity index (χ1v) is 18.7. The molecule has 0 aliphatic carbocycles. The number of thioether (sulfide) groups is 1. The lowest BCUT2D eigenvalue weighted by molar-refractivity contribution is -0.211. The van der Waals surface area contributed by atoms with Crippen LogP contribution in [0, 0.1) is 0 Å². The summed E-state index contributed by atoms with van der Waals surface area (Å²) in [6, 6.07) is 2.16. The van der Waals surface area contributed by atoms with E-state index in [9.17, 15) is 58.2 Å². The molecule has 0 unspecified atom stereocenters. The topological polar surface area (TPSA) is 320 Å². The van der Waals surface area contributed by atoms with Crippen molar-refractivity contribution >= 4 is 71.1 Å². The number of amides is 6. The lowest BCUT2D eigenvalue weighted by Gasteiger charge is -2.45. The van der Waals surface area contributed by atoms with Gasteiger partial charge in [-0.15, -0.1) is 11.8 Å². The molecule has 0 aromatic heterocycles. The van der Waals surface area contributed by atoms with E-state index in [4.69, 9.17) is 18.9 Å². The minimum atomic E-state index is -1.82. The number of aliphatic carboxylic acids is 1. The van der Waals surface area contributed by atoms with Gasteiger partial charge in [0, 0.05) is 46.8 Å². The molecule has 58 heavy (non-hydrogen) atoms. The molecule has 0 spiro atoms. The normalized spacial score (nSPS) is 20.0. The summed E-state index contributed by atoms with van der Waals surface area (Å²) in [6.45, 7) is 2.94. The van der Waals surface area contributed by atoms with E-state index in [-0.39, 0.29) is 6.42 Å². The Hall–Kier alpha value is -5.81. The summed E-state index contributed by atoms with van der Waals surface area (Å²) in [5.74, 6) is -9.29. The first kappa shape index (κ1) is 48.3. The molecule has 1 heterocycles. The zero-order valence-corrected chi connectivity index (χ0v) is 33.1. The Labute approximate surface area is 336 Å². The molecule has 8 N–H and O–H groups in total. The van der Waals surface area contributed by atoms with E-state index >= 15 is 0 Å². The van der Waals surface area contributed by atoms with E-state index < -0.39 is 139 Å². The second-order valence-corrected chi connectivity index (χ2v) is 13.8. The van der Waals surface area contributed by atoms with Crippen LogP contribution >= 0.6 is 11.8 Å². The van der Waals surface area contributed by atoms with Crippen LogP contribution in [0.15, 0.2) is 30.3 Å². The summed E-state index contributed by atoms with van der Waals surface area (Å²) >= 11 is 0.747. The van der Waals surface area contributed by atoms with Gasteiger partial charge >= 0.3 is 23.9 Å². The molecule has 6 amide bonds. The molecule has 23 heteroatoms. The lowest BCUT2D eigenvalue weighted by atomic mass is 9.97. The lowest BCUT2D eigenvalue weighted by Crippen LogP contribution is -2.65. The Balaban J connectivity index is 2.50. The van der Waals surface area contributed by atoms with E-state index in [1.165, 1.54) is 6.92 Å². The number of aliphatic hydroxyl groups excluding tert-OH is 1. The highest BCUT2D eigenvalue weighted by atomic mass is 32.2. The van der Waals surface area contributed by atoms with Gasteiger partial charge in [-0.2, -0.15) is 0 Å². The maximum absolute atomic E-state index is 13.9. The van der Waals surface area contributed by atoms with E-state index in [0.717, 1.165) is 39.5 Å². The highest BCUT2D eigenvalue weighted by molar-refractivity contribution is 7.99. The van der Waals surface area contributed by atoms with Gasteiger partial charge < -0.3 is 61.1 Å². The molecule has 8 atom stereocenters. The predicted octanol–water partition coefficient (Wildman–Crippen LogP) is -3.60. The predicted molar refractivity (Wildman–Crippen MR) is 199 cm³/mol. The Morgan fingerprint density at radius 1 is 0.724 bits per heavy atom. The third kappa shape index (κ3) is 17.1. The van der Waals surface area contributed by atoms with Crippen LogP contribution in [0.4, 0.5) is 0 Å². The first-order valence-electron chi connectivity index (χ1n) is 17.6. The van der Waals surface area contributed by atoms with Gasteiger partial charge in [-0.05, 0) is 5.56 Å². The molecule has 1 aliphatic heterocycles. The van der Waals surface area contributed by atoms with Gasteiger partial charge in [0.25, 0.3) is 0 Å². The summed E-state index contributed by atoms with van der Waals surface area (Å²) in [6.07, 6.45) is -4.32. The zero-order valence-electron chi connectivity index (χ0n) is 32.3. The van der Waals surface area contributed by atoms with Crippen LogP contribution in [0.1, 0.15) is 40.2 Å². The number of ether oxygens (including phenoxy) is 4. The smallest absolute Gasteiger partial charge is 0.328 e. The maximum atomic E-state index is 13.9. The minimum Gasteiger partial charge on any atom is -0.480 e. The fourth-order valence-electron chi connectivity index (χ4n) is 5.29.